The van der Waals surface area contributed by atoms with E-state index in [9.17, 15) is 22.0 Å². The molecule has 21 heavy (non-hydrogen) atoms. The van der Waals surface area contributed by atoms with E-state index >= 15 is 0 Å². The molecule has 0 radical (unpaired) electrons. The van der Waals surface area contributed by atoms with Crippen molar-refractivity contribution in [1.82, 2.24) is 4.90 Å². The Labute approximate surface area is 122 Å². The highest BCUT2D eigenvalue weighted by molar-refractivity contribution is 7.89. The minimum absolute atomic E-state index is 0.136. The minimum Gasteiger partial charge on any atom is -0.339 e. The maximum Gasteiger partial charge on any atom is 0.255 e. The van der Waals surface area contributed by atoms with E-state index in [0.29, 0.717) is 25.2 Å². The zero-order valence-electron chi connectivity index (χ0n) is 12.1. The van der Waals surface area contributed by atoms with Crippen molar-refractivity contribution in [2.75, 3.05) is 13.1 Å². The summed E-state index contributed by atoms with van der Waals surface area (Å²) < 4.78 is 49.5. The summed E-state index contributed by atoms with van der Waals surface area (Å²) in [4.78, 5) is 13.0. The van der Waals surface area contributed by atoms with Gasteiger partial charge in [0.05, 0.1) is 10.5 Å². The summed E-state index contributed by atoms with van der Waals surface area (Å²) in [5.41, 5.74) is -0.459. The summed E-state index contributed by atoms with van der Waals surface area (Å²) in [7, 11) is -4.34. The largest absolute Gasteiger partial charge is 0.339 e. The normalized spacial score (nSPS) is 11.8. The van der Waals surface area contributed by atoms with Crippen LogP contribution in [0.3, 0.4) is 0 Å². The number of nitrogens with two attached hydrogens (primary N) is 1. The van der Waals surface area contributed by atoms with E-state index in [4.69, 9.17) is 5.14 Å². The fourth-order valence-corrected chi connectivity index (χ4v) is 2.62. The molecule has 0 bridgehead atoms. The molecule has 0 aromatic heterocycles. The second-order valence-corrected chi connectivity index (χ2v) is 6.57. The molecule has 0 aliphatic heterocycles. The Hall–Kier alpha value is -1.54. The fraction of sp³-hybridized carbons (Fsp3) is 0.462. The topological polar surface area (TPSA) is 80.5 Å². The summed E-state index contributed by atoms with van der Waals surface area (Å²) in [6.45, 7) is 6.12. The van der Waals surface area contributed by atoms with Gasteiger partial charge in [0.1, 0.15) is 0 Å². The lowest BCUT2D eigenvalue weighted by Gasteiger charge is -2.23. The third kappa shape index (κ3) is 4.21. The number of halogens is 2. The number of carbonyl (C=O) groups is 1. The summed E-state index contributed by atoms with van der Waals surface area (Å²) in [5.74, 6) is -3.24. The van der Waals surface area contributed by atoms with Crippen LogP contribution < -0.4 is 5.14 Å². The molecule has 0 unspecified atom stereocenters. The van der Waals surface area contributed by atoms with Crippen molar-refractivity contribution in [1.29, 1.82) is 0 Å². The molecule has 8 heteroatoms. The molecule has 2 N–H and O–H groups in total. The summed E-state index contributed by atoms with van der Waals surface area (Å²) in [5, 5.41) is 4.97. The quantitative estimate of drug-likeness (QED) is 0.897. The van der Waals surface area contributed by atoms with Crippen LogP contribution in [-0.2, 0) is 10.0 Å². The van der Waals surface area contributed by atoms with Gasteiger partial charge in [0, 0.05) is 13.1 Å². The first kappa shape index (κ1) is 17.5. The van der Waals surface area contributed by atoms with Gasteiger partial charge >= 0.3 is 0 Å². The highest BCUT2D eigenvalue weighted by Crippen LogP contribution is 2.21. The van der Waals surface area contributed by atoms with E-state index in [2.05, 4.69) is 0 Å². The molecule has 1 aromatic rings. The number of sulfonamides is 1. The smallest absolute Gasteiger partial charge is 0.255 e. The van der Waals surface area contributed by atoms with Gasteiger partial charge in [-0.05, 0) is 25.0 Å². The third-order valence-electron chi connectivity index (χ3n) is 2.81. The van der Waals surface area contributed by atoms with Crippen molar-refractivity contribution in [2.45, 2.75) is 25.7 Å². The van der Waals surface area contributed by atoms with Crippen LogP contribution in [0.5, 0.6) is 0 Å². The first-order valence-corrected chi connectivity index (χ1v) is 7.93. The van der Waals surface area contributed by atoms with E-state index in [1.165, 1.54) is 4.90 Å². The molecule has 1 aromatic carbocycles. The van der Waals surface area contributed by atoms with Crippen molar-refractivity contribution < 1.29 is 22.0 Å². The van der Waals surface area contributed by atoms with Gasteiger partial charge in [-0.1, -0.05) is 13.8 Å². The monoisotopic (exact) mass is 320 g/mol. The zero-order valence-corrected chi connectivity index (χ0v) is 12.9. The maximum atomic E-state index is 13.4. The van der Waals surface area contributed by atoms with Crippen molar-refractivity contribution in [3.63, 3.8) is 0 Å². The Kier molecular flexibility index (Phi) is 5.41. The van der Waals surface area contributed by atoms with Crippen molar-refractivity contribution in [3.8, 4) is 0 Å². The Balaban J connectivity index is 3.40. The van der Waals surface area contributed by atoms with Crippen LogP contribution >= 0.6 is 0 Å². The number of benzene rings is 1. The molecule has 0 atom stereocenters. The van der Waals surface area contributed by atoms with Crippen LogP contribution in [0, 0.1) is 17.6 Å². The zero-order chi connectivity index (χ0) is 16.4. The van der Waals surface area contributed by atoms with Gasteiger partial charge in [-0.2, -0.15) is 0 Å². The van der Waals surface area contributed by atoms with E-state index in [-0.39, 0.29) is 5.92 Å². The molecule has 0 heterocycles. The van der Waals surface area contributed by atoms with Gasteiger partial charge < -0.3 is 4.90 Å². The van der Waals surface area contributed by atoms with Gasteiger partial charge in [-0.15, -0.1) is 0 Å². The van der Waals surface area contributed by atoms with Crippen LogP contribution in [0.15, 0.2) is 17.0 Å². The Morgan fingerprint density at radius 3 is 2.24 bits per heavy atom. The summed E-state index contributed by atoms with van der Waals surface area (Å²) in [6.07, 6.45) is 0. The van der Waals surface area contributed by atoms with Crippen LogP contribution in [0.1, 0.15) is 31.1 Å². The lowest BCUT2D eigenvalue weighted by Crippen LogP contribution is -2.35. The van der Waals surface area contributed by atoms with Gasteiger partial charge in [-0.3, -0.25) is 4.79 Å². The molecule has 1 amide bonds. The van der Waals surface area contributed by atoms with Crippen molar-refractivity contribution >= 4 is 15.9 Å². The fourth-order valence-electron chi connectivity index (χ4n) is 1.90. The number of nitrogens with zero attached hydrogens (tertiary/aromatic N) is 1. The number of hydrogen-bond donors (Lipinski definition) is 1. The molecule has 0 fully saturated rings. The average molecular weight is 320 g/mol. The molecule has 1 rings (SSSR count). The van der Waals surface area contributed by atoms with Crippen LogP contribution in [0.4, 0.5) is 8.78 Å². The van der Waals surface area contributed by atoms with Crippen LogP contribution in [0.2, 0.25) is 0 Å². The van der Waals surface area contributed by atoms with E-state index in [1.807, 2.05) is 13.8 Å². The van der Waals surface area contributed by atoms with Gasteiger partial charge in [0.25, 0.3) is 5.91 Å². The second kappa shape index (κ2) is 6.48. The number of carbonyl (C=O) groups excluding carboxylic acids is 1. The second-order valence-electron chi connectivity index (χ2n) is 5.05. The molecule has 0 aliphatic carbocycles. The highest BCUT2D eigenvalue weighted by Gasteiger charge is 2.26. The molecule has 118 valence electrons. The molecule has 0 saturated carbocycles. The Bertz CT molecular complexity index is 645. The minimum atomic E-state index is -4.34. The first-order valence-electron chi connectivity index (χ1n) is 6.39. The molecule has 0 aliphatic rings. The van der Waals surface area contributed by atoms with Crippen molar-refractivity contribution in [3.05, 3.63) is 29.3 Å². The predicted octanol–water partition coefficient (Wildman–Crippen LogP) is 1.73. The summed E-state index contributed by atoms with van der Waals surface area (Å²) >= 11 is 0. The number of rotatable bonds is 5. The molecular formula is C13H18F2N2O3S. The molecular weight excluding hydrogens is 302 g/mol. The molecule has 5 nitrogen and oxygen atoms in total. The molecule has 0 saturated heterocycles. The van der Waals surface area contributed by atoms with E-state index < -0.39 is 38.0 Å². The lowest BCUT2D eigenvalue weighted by molar-refractivity contribution is 0.0741. The Morgan fingerprint density at radius 1 is 1.29 bits per heavy atom. The number of hydrogen-bond acceptors (Lipinski definition) is 3. The van der Waals surface area contributed by atoms with Gasteiger partial charge in [0.15, 0.2) is 11.6 Å². The highest BCUT2D eigenvalue weighted by atomic mass is 32.2. The Morgan fingerprint density at radius 2 is 1.81 bits per heavy atom. The van der Waals surface area contributed by atoms with E-state index in [0.717, 1.165) is 0 Å². The van der Waals surface area contributed by atoms with Crippen LogP contribution in [-0.4, -0.2) is 32.3 Å². The maximum absolute atomic E-state index is 13.4. The summed E-state index contributed by atoms with van der Waals surface area (Å²) in [6, 6.07) is 1.00. The molecule has 0 spiro atoms. The third-order valence-corrected chi connectivity index (χ3v) is 3.76. The van der Waals surface area contributed by atoms with Crippen LogP contribution in [0.25, 0.3) is 0 Å². The standard InChI is InChI=1S/C13H18F2N2O3S/c1-4-17(7-8(2)3)13(18)9-5-10(14)11(15)6-12(9)21(16,19)20/h5-6,8H,4,7H2,1-3H3,(H2,16,19,20). The first-order chi connectivity index (χ1) is 9.57. The lowest BCUT2D eigenvalue weighted by atomic mass is 10.1. The number of amides is 1. The SMILES string of the molecule is CCN(CC(C)C)C(=O)c1cc(F)c(F)cc1S(N)(=O)=O. The average Bonchev–Trinajstić information content (AvgIpc) is 2.36. The van der Waals surface area contributed by atoms with E-state index in [1.54, 1.807) is 6.92 Å². The van der Waals surface area contributed by atoms with Crippen molar-refractivity contribution in [2.24, 2.45) is 11.1 Å². The number of primary sulfonamides is 1. The van der Waals surface area contributed by atoms with Gasteiger partial charge in [0.2, 0.25) is 10.0 Å². The predicted molar refractivity (Wildman–Crippen MR) is 74.1 cm³/mol. The van der Waals surface area contributed by atoms with Gasteiger partial charge in [-0.25, -0.2) is 22.3 Å².